The van der Waals surface area contributed by atoms with Crippen molar-refractivity contribution in [3.8, 4) is 12.1 Å². The van der Waals surface area contributed by atoms with Crippen LogP contribution < -0.4 is 5.73 Å². The van der Waals surface area contributed by atoms with Crippen LogP contribution in [0, 0.1) is 42.3 Å². The van der Waals surface area contributed by atoms with Gasteiger partial charge in [-0.3, -0.25) is 0 Å². The minimum absolute atomic E-state index is 0.0203. The van der Waals surface area contributed by atoms with Gasteiger partial charge < -0.3 is 15.2 Å². The molecule has 0 spiro atoms. The van der Waals surface area contributed by atoms with E-state index < -0.39 is 17.7 Å². The van der Waals surface area contributed by atoms with E-state index in [9.17, 15) is 15.3 Å². The summed E-state index contributed by atoms with van der Waals surface area (Å²) in [6.45, 7) is 5.22. The summed E-state index contributed by atoms with van der Waals surface area (Å²) in [5.74, 6) is -2.53. The highest BCUT2D eigenvalue weighted by Crippen LogP contribution is 2.42. The highest BCUT2D eigenvalue weighted by atomic mass is 79.9. The second-order valence-electron chi connectivity index (χ2n) is 7.33. The first-order valence-corrected chi connectivity index (χ1v) is 11.9. The second-order valence-corrected chi connectivity index (χ2v) is 9.15. The number of pyridine rings is 1. The van der Waals surface area contributed by atoms with E-state index in [-0.39, 0.29) is 40.7 Å². The Hall–Kier alpha value is -3.34. The Bertz CT molecular complexity index is 1310. The number of hydrogen-bond donors (Lipinski definition) is 1. The number of carbonyl (C=O) groups is 1. The van der Waals surface area contributed by atoms with Crippen molar-refractivity contribution in [1.29, 1.82) is 10.5 Å². The summed E-state index contributed by atoms with van der Waals surface area (Å²) in [5.41, 5.74) is 7.73. The molecule has 174 valence electrons. The number of aryl methyl sites for hydroxylation is 2. The van der Waals surface area contributed by atoms with Gasteiger partial charge in [-0.1, -0.05) is 23.9 Å². The predicted octanol–water partition coefficient (Wildman–Crippen LogP) is 4.89. The van der Waals surface area contributed by atoms with Crippen molar-refractivity contribution in [1.82, 2.24) is 4.98 Å². The molecule has 1 unspecified atom stereocenters. The van der Waals surface area contributed by atoms with E-state index in [2.05, 4.69) is 27.0 Å². The van der Waals surface area contributed by atoms with Gasteiger partial charge >= 0.3 is 5.97 Å². The lowest BCUT2D eigenvalue weighted by molar-refractivity contribution is -0.139. The van der Waals surface area contributed by atoms with Gasteiger partial charge in [0.25, 0.3) is 0 Å². The Labute approximate surface area is 209 Å². The van der Waals surface area contributed by atoms with Crippen molar-refractivity contribution in [3.63, 3.8) is 0 Å². The van der Waals surface area contributed by atoms with Crippen molar-refractivity contribution in [2.75, 3.05) is 12.4 Å². The quantitative estimate of drug-likeness (QED) is 0.404. The molecule has 2 heterocycles. The van der Waals surface area contributed by atoms with Crippen molar-refractivity contribution in [2.45, 2.75) is 31.7 Å². The fourth-order valence-electron chi connectivity index (χ4n) is 3.48. The molecule has 1 aromatic heterocycles. The van der Waals surface area contributed by atoms with Crippen LogP contribution in [0.3, 0.4) is 0 Å². The maximum Gasteiger partial charge on any atom is 0.338 e. The molecule has 3 rings (SSSR count). The molecule has 7 nitrogen and oxygen atoms in total. The summed E-state index contributed by atoms with van der Waals surface area (Å²) < 4.78 is 26.5. The SMILES string of the molecule is CCOC(=O)C1=C(CSc2nc(C)cc(Br)c2C#N)OC(N)=C(C#N)C1c1ccc(C)cc1F. The molecule has 0 saturated heterocycles. The lowest BCUT2D eigenvalue weighted by Gasteiger charge is -2.28. The Morgan fingerprint density at radius 2 is 2.06 bits per heavy atom. The summed E-state index contributed by atoms with van der Waals surface area (Å²) in [5, 5.41) is 19.7. The number of halogens is 2. The third kappa shape index (κ3) is 5.09. The molecule has 1 atom stereocenters. The highest BCUT2D eigenvalue weighted by molar-refractivity contribution is 9.10. The molecular weight excluding hydrogens is 523 g/mol. The first kappa shape index (κ1) is 25.3. The number of ether oxygens (including phenoxy) is 2. The topological polar surface area (TPSA) is 122 Å². The summed E-state index contributed by atoms with van der Waals surface area (Å²) in [6, 6.07) is 10.3. The van der Waals surface area contributed by atoms with Gasteiger partial charge in [-0.15, -0.1) is 0 Å². The van der Waals surface area contributed by atoms with Gasteiger partial charge in [-0.25, -0.2) is 14.2 Å². The molecule has 0 bridgehead atoms. The lowest BCUT2D eigenvalue weighted by atomic mass is 9.82. The summed E-state index contributed by atoms with van der Waals surface area (Å²) in [4.78, 5) is 17.4. The van der Waals surface area contributed by atoms with E-state index in [4.69, 9.17) is 15.2 Å². The van der Waals surface area contributed by atoms with Crippen molar-refractivity contribution in [3.05, 3.63) is 79.7 Å². The molecule has 0 aliphatic carbocycles. The number of nitrogens with zero attached hydrogens (tertiary/aromatic N) is 3. The number of thioether (sulfide) groups is 1. The lowest BCUT2D eigenvalue weighted by Crippen LogP contribution is -2.27. The average Bonchev–Trinajstić information content (AvgIpc) is 2.77. The number of carbonyl (C=O) groups excluding carboxylic acids is 1. The number of nitriles is 2. The summed E-state index contributed by atoms with van der Waals surface area (Å²) >= 11 is 4.51. The number of hydrogen-bond acceptors (Lipinski definition) is 8. The monoisotopic (exact) mass is 542 g/mol. The summed E-state index contributed by atoms with van der Waals surface area (Å²) in [7, 11) is 0. The first-order valence-electron chi connectivity index (χ1n) is 10.2. The average molecular weight is 543 g/mol. The number of esters is 1. The molecule has 0 amide bonds. The fraction of sp³-hybridized carbons (Fsp3) is 0.250. The number of rotatable bonds is 6. The second kappa shape index (κ2) is 10.7. The Morgan fingerprint density at radius 3 is 2.68 bits per heavy atom. The van der Waals surface area contributed by atoms with Crippen molar-refractivity contribution < 1.29 is 18.7 Å². The van der Waals surface area contributed by atoms with Crippen LogP contribution in [0.4, 0.5) is 4.39 Å². The fourth-order valence-corrected chi connectivity index (χ4v) is 5.21. The third-order valence-corrected chi connectivity index (χ3v) is 6.58. The zero-order chi connectivity index (χ0) is 25.0. The van der Waals surface area contributed by atoms with Crippen LogP contribution in [0.1, 0.15) is 35.2 Å². The molecule has 1 aliphatic rings. The zero-order valence-corrected chi connectivity index (χ0v) is 21.0. The molecule has 1 aromatic carbocycles. The summed E-state index contributed by atoms with van der Waals surface area (Å²) in [6.07, 6.45) is 0. The van der Waals surface area contributed by atoms with Crippen LogP contribution in [0.5, 0.6) is 0 Å². The molecule has 0 fully saturated rings. The molecule has 2 aromatic rings. The Morgan fingerprint density at radius 1 is 1.32 bits per heavy atom. The largest absolute Gasteiger partial charge is 0.463 e. The Kier molecular flexibility index (Phi) is 7.98. The molecule has 2 N–H and O–H groups in total. The van der Waals surface area contributed by atoms with Gasteiger partial charge in [0.1, 0.15) is 34.3 Å². The van der Waals surface area contributed by atoms with Gasteiger partial charge in [0.15, 0.2) is 0 Å². The third-order valence-electron chi connectivity index (χ3n) is 4.98. The van der Waals surface area contributed by atoms with Crippen LogP contribution in [0.25, 0.3) is 0 Å². The highest BCUT2D eigenvalue weighted by Gasteiger charge is 2.39. The van der Waals surface area contributed by atoms with E-state index in [0.29, 0.717) is 26.3 Å². The molecule has 10 heteroatoms. The van der Waals surface area contributed by atoms with E-state index in [1.165, 1.54) is 12.1 Å². The first-order chi connectivity index (χ1) is 16.2. The smallest absolute Gasteiger partial charge is 0.338 e. The van der Waals surface area contributed by atoms with Crippen LogP contribution in [-0.4, -0.2) is 23.3 Å². The van der Waals surface area contributed by atoms with Gasteiger partial charge in [-0.05, 0) is 54.4 Å². The van der Waals surface area contributed by atoms with E-state index in [1.54, 1.807) is 32.9 Å². The maximum atomic E-state index is 15.0. The van der Waals surface area contributed by atoms with Crippen LogP contribution in [0.2, 0.25) is 0 Å². The van der Waals surface area contributed by atoms with Crippen molar-refractivity contribution >= 4 is 33.7 Å². The van der Waals surface area contributed by atoms with E-state index in [1.807, 2.05) is 6.07 Å². The van der Waals surface area contributed by atoms with Gasteiger partial charge in [0.2, 0.25) is 5.88 Å². The number of allylic oxidation sites excluding steroid dienone is 1. The van der Waals surface area contributed by atoms with Crippen molar-refractivity contribution in [2.24, 2.45) is 5.73 Å². The minimum Gasteiger partial charge on any atom is -0.463 e. The number of nitrogens with two attached hydrogens (primary N) is 1. The van der Waals surface area contributed by atoms with E-state index >= 15 is 4.39 Å². The molecule has 34 heavy (non-hydrogen) atoms. The normalized spacial score (nSPS) is 15.4. The van der Waals surface area contributed by atoms with Crippen LogP contribution >= 0.6 is 27.7 Å². The number of aromatic nitrogens is 1. The molecular formula is C24H20BrFN4O3S. The van der Waals surface area contributed by atoms with Crippen LogP contribution in [0.15, 0.2) is 56.6 Å². The van der Waals surface area contributed by atoms with E-state index in [0.717, 1.165) is 11.8 Å². The van der Waals surface area contributed by atoms with Gasteiger partial charge in [0, 0.05) is 15.7 Å². The molecule has 0 radical (unpaired) electrons. The Balaban J connectivity index is 2.15. The zero-order valence-electron chi connectivity index (χ0n) is 18.6. The standard InChI is InChI=1S/C24H20BrFN4O3S/c1-4-32-24(31)21-19(11-34-23-15(9-27)17(25)8-13(3)30-23)33-22(29)16(10-28)20(21)14-6-5-12(2)7-18(14)26/h5-8,20H,4,11,29H2,1-3H3. The predicted molar refractivity (Wildman–Crippen MR) is 128 cm³/mol. The van der Waals surface area contributed by atoms with Crippen LogP contribution in [-0.2, 0) is 14.3 Å². The molecule has 0 saturated carbocycles. The van der Waals surface area contributed by atoms with Gasteiger partial charge in [0.05, 0.1) is 29.4 Å². The minimum atomic E-state index is -1.11. The number of benzene rings is 1. The maximum absolute atomic E-state index is 15.0. The molecule has 1 aliphatic heterocycles. The van der Waals surface area contributed by atoms with Gasteiger partial charge in [-0.2, -0.15) is 10.5 Å².